The maximum atomic E-state index is 12.6. The first-order valence-corrected chi connectivity index (χ1v) is 12.7. The number of ether oxygens (including phenoxy) is 1. The smallest absolute Gasteiger partial charge is 0.406 e. The molecule has 0 amide bonds. The second-order valence-corrected chi connectivity index (χ2v) is 9.55. The second kappa shape index (κ2) is 12.2. The number of aromatic nitrogens is 2. The number of nitrogens with one attached hydrogen (secondary N) is 2. The number of piperidine rings is 1. The predicted molar refractivity (Wildman–Crippen MR) is 146 cm³/mol. The van der Waals surface area contributed by atoms with Gasteiger partial charge in [-0.3, -0.25) is 5.32 Å². The second-order valence-electron chi connectivity index (χ2n) is 9.16. The number of thiocarbonyl (C=S) groups is 1. The summed E-state index contributed by atoms with van der Waals surface area (Å²) < 4.78 is 41.8. The fourth-order valence-corrected chi connectivity index (χ4v) is 4.58. The fourth-order valence-electron chi connectivity index (χ4n) is 4.37. The molecule has 0 saturated carbocycles. The highest BCUT2D eigenvalue weighted by Gasteiger charge is 2.31. The number of likely N-dealkylation sites (tertiary alicyclic amines) is 1. The molecule has 0 bridgehead atoms. The standard InChI is InChI=1S/C27H29F3N6OS/c1-18-15-19(2)32-24(31-18)34-25(36-13-11-21(12-14-36)16-20-7-4-3-5-8-20)35-26(38)33-22-9-6-10-23(17-22)37-27(28,29)30/h3-10,15,17,21H,11-14,16H2,1-2H3,(H2,31,32,33,34,35,38). The molecule has 0 atom stereocenters. The first-order valence-electron chi connectivity index (χ1n) is 12.3. The van der Waals surface area contributed by atoms with Gasteiger partial charge in [0.05, 0.1) is 0 Å². The summed E-state index contributed by atoms with van der Waals surface area (Å²) in [5.41, 5.74) is 3.26. The van der Waals surface area contributed by atoms with Gasteiger partial charge in [0.1, 0.15) is 5.75 Å². The van der Waals surface area contributed by atoms with Gasteiger partial charge in [-0.15, -0.1) is 13.2 Å². The summed E-state index contributed by atoms with van der Waals surface area (Å²) in [4.78, 5) is 15.6. The molecule has 2 aromatic carbocycles. The number of alkyl halides is 3. The zero-order chi connectivity index (χ0) is 27.1. The number of guanidine groups is 1. The molecule has 0 spiro atoms. The molecule has 2 N–H and O–H groups in total. The third-order valence-corrected chi connectivity index (χ3v) is 6.21. The van der Waals surface area contributed by atoms with E-state index in [0.717, 1.165) is 43.7 Å². The van der Waals surface area contributed by atoms with Crippen molar-refractivity contribution in [3.8, 4) is 5.75 Å². The first kappa shape index (κ1) is 27.3. The molecule has 1 aliphatic rings. The number of aryl methyl sites for hydroxylation is 2. The van der Waals surface area contributed by atoms with Gasteiger partial charge in [0.25, 0.3) is 0 Å². The van der Waals surface area contributed by atoms with Crippen molar-refractivity contribution >= 4 is 34.9 Å². The van der Waals surface area contributed by atoms with Gasteiger partial charge < -0.3 is 15.0 Å². The molecular weight excluding hydrogens is 513 g/mol. The van der Waals surface area contributed by atoms with Crippen molar-refractivity contribution in [3.63, 3.8) is 0 Å². The SMILES string of the molecule is Cc1cc(C)nc(N/C(=N/C(=S)Nc2cccc(OC(F)(F)F)c2)N2CCC(Cc3ccccc3)CC2)n1. The number of nitrogens with zero attached hydrogens (tertiary/aromatic N) is 4. The van der Waals surface area contributed by atoms with Crippen LogP contribution >= 0.6 is 12.2 Å². The maximum absolute atomic E-state index is 12.6. The van der Waals surface area contributed by atoms with Gasteiger partial charge in [0.2, 0.25) is 17.0 Å². The van der Waals surface area contributed by atoms with Crippen molar-refractivity contribution in [2.75, 3.05) is 23.7 Å². The minimum Gasteiger partial charge on any atom is -0.406 e. The third kappa shape index (κ3) is 8.41. The van der Waals surface area contributed by atoms with E-state index in [1.165, 1.54) is 23.8 Å². The summed E-state index contributed by atoms with van der Waals surface area (Å²) in [5.74, 6) is 1.08. The Morgan fingerprint density at radius 1 is 1.00 bits per heavy atom. The summed E-state index contributed by atoms with van der Waals surface area (Å²) in [7, 11) is 0. The molecule has 1 aliphatic heterocycles. The first-order chi connectivity index (χ1) is 18.1. The Morgan fingerprint density at radius 2 is 1.68 bits per heavy atom. The van der Waals surface area contributed by atoms with Crippen LogP contribution in [0.15, 0.2) is 65.7 Å². The normalized spacial score (nSPS) is 14.8. The van der Waals surface area contributed by atoms with E-state index in [1.807, 2.05) is 26.0 Å². The van der Waals surface area contributed by atoms with Gasteiger partial charge in [-0.25, -0.2) is 9.97 Å². The van der Waals surface area contributed by atoms with E-state index in [1.54, 1.807) is 6.07 Å². The Labute approximate surface area is 225 Å². The maximum Gasteiger partial charge on any atom is 0.573 e. The van der Waals surface area contributed by atoms with Crippen molar-refractivity contribution in [2.24, 2.45) is 10.9 Å². The van der Waals surface area contributed by atoms with Gasteiger partial charge in [-0.05, 0) is 75.0 Å². The highest BCUT2D eigenvalue weighted by Crippen LogP contribution is 2.26. The van der Waals surface area contributed by atoms with Crippen LogP contribution in [-0.4, -0.2) is 45.4 Å². The summed E-state index contributed by atoms with van der Waals surface area (Å²) in [6.07, 6.45) is -1.82. The van der Waals surface area contributed by atoms with Crippen molar-refractivity contribution < 1.29 is 17.9 Å². The lowest BCUT2D eigenvalue weighted by Gasteiger charge is -2.34. The molecular formula is C27H29F3N6OS. The van der Waals surface area contributed by atoms with E-state index in [9.17, 15) is 13.2 Å². The van der Waals surface area contributed by atoms with E-state index in [4.69, 9.17) is 12.2 Å². The van der Waals surface area contributed by atoms with Gasteiger partial charge in [-0.1, -0.05) is 36.4 Å². The molecule has 11 heteroatoms. The van der Waals surface area contributed by atoms with Crippen LogP contribution in [0.25, 0.3) is 0 Å². The number of hydrogen-bond donors (Lipinski definition) is 2. The molecule has 4 rings (SSSR count). The molecule has 0 unspecified atom stereocenters. The van der Waals surface area contributed by atoms with Crippen molar-refractivity contribution in [1.29, 1.82) is 0 Å². The topological polar surface area (TPSA) is 74.7 Å². The monoisotopic (exact) mass is 542 g/mol. The Kier molecular flexibility index (Phi) is 8.77. The van der Waals surface area contributed by atoms with E-state index in [0.29, 0.717) is 23.5 Å². The van der Waals surface area contributed by atoms with Crippen LogP contribution in [0.2, 0.25) is 0 Å². The van der Waals surface area contributed by atoms with Crippen molar-refractivity contribution in [3.05, 3.63) is 77.6 Å². The van der Waals surface area contributed by atoms with Crippen LogP contribution in [0, 0.1) is 19.8 Å². The number of rotatable bonds is 5. The summed E-state index contributed by atoms with van der Waals surface area (Å²) in [6.45, 7) is 5.28. The molecule has 7 nitrogen and oxygen atoms in total. The van der Waals surface area contributed by atoms with Gasteiger partial charge in [0.15, 0.2) is 0 Å². The van der Waals surface area contributed by atoms with Crippen molar-refractivity contribution in [1.82, 2.24) is 14.9 Å². The van der Waals surface area contributed by atoms with Crippen LogP contribution in [0.1, 0.15) is 29.8 Å². The third-order valence-electron chi connectivity index (χ3n) is 6.01. The van der Waals surface area contributed by atoms with Crippen LogP contribution < -0.4 is 15.4 Å². The van der Waals surface area contributed by atoms with E-state index >= 15 is 0 Å². The average Bonchev–Trinajstić information content (AvgIpc) is 2.83. The van der Waals surface area contributed by atoms with E-state index in [2.05, 4.69) is 59.5 Å². The number of anilines is 2. The molecule has 1 fully saturated rings. The molecule has 1 saturated heterocycles. The number of aliphatic imine (C=N–C) groups is 1. The Morgan fingerprint density at radius 3 is 2.34 bits per heavy atom. The minimum absolute atomic E-state index is 0.0763. The number of benzene rings is 2. The van der Waals surface area contributed by atoms with Gasteiger partial charge in [0, 0.05) is 36.2 Å². The van der Waals surface area contributed by atoms with E-state index in [-0.39, 0.29) is 10.9 Å². The predicted octanol–water partition coefficient (Wildman–Crippen LogP) is 6.11. The zero-order valence-electron chi connectivity index (χ0n) is 21.1. The molecule has 38 heavy (non-hydrogen) atoms. The minimum atomic E-state index is -4.78. The summed E-state index contributed by atoms with van der Waals surface area (Å²) in [5, 5.41) is 6.16. The molecule has 0 aliphatic carbocycles. The Balaban J connectivity index is 1.49. The molecule has 3 aromatic rings. The summed E-state index contributed by atoms with van der Waals surface area (Å²) in [6, 6.07) is 17.8. The average molecular weight is 543 g/mol. The molecule has 2 heterocycles. The highest BCUT2D eigenvalue weighted by molar-refractivity contribution is 7.80. The van der Waals surface area contributed by atoms with Crippen LogP contribution in [0.5, 0.6) is 5.75 Å². The Hall–Kier alpha value is -3.73. The van der Waals surface area contributed by atoms with Crippen LogP contribution in [-0.2, 0) is 6.42 Å². The summed E-state index contributed by atoms with van der Waals surface area (Å²) >= 11 is 5.44. The largest absolute Gasteiger partial charge is 0.573 e. The number of halogens is 3. The van der Waals surface area contributed by atoms with Gasteiger partial charge >= 0.3 is 6.36 Å². The van der Waals surface area contributed by atoms with Crippen molar-refractivity contribution in [2.45, 2.75) is 39.5 Å². The van der Waals surface area contributed by atoms with E-state index < -0.39 is 6.36 Å². The lowest BCUT2D eigenvalue weighted by atomic mass is 9.90. The van der Waals surface area contributed by atoms with Crippen LogP contribution in [0.4, 0.5) is 24.8 Å². The molecule has 0 radical (unpaired) electrons. The van der Waals surface area contributed by atoms with Crippen LogP contribution in [0.3, 0.4) is 0 Å². The Bertz CT molecular complexity index is 1260. The lowest BCUT2D eigenvalue weighted by molar-refractivity contribution is -0.274. The lowest BCUT2D eigenvalue weighted by Crippen LogP contribution is -2.43. The molecule has 1 aromatic heterocycles. The fraction of sp³-hybridized carbons (Fsp3) is 0.333. The van der Waals surface area contributed by atoms with Gasteiger partial charge in [-0.2, -0.15) is 4.99 Å². The highest BCUT2D eigenvalue weighted by atomic mass is 32.1. The quantitative estimate of drug-likeness (QED) is 0.229. The molecule has 200 valence electrons. The number of hydrogen-bond acceptors (Lipinski definition) is 4. The zero-order valence-corrected chi connectivity index (χ0v) is 21.9.